The molecule has 8 heteroatoms. The summed E-state index contributed by atoms with van der Waals surface area (Å²) in [4.78, 5) is 24.0. The van der Waals surface area contributed by atoms with Crippen molar-refractivity contribution in [1.29, 1.82) is 0 Å². The number of carbonyl (C=O) groups excluding carboxylic acids is 1. The molecule has 108 valence electrons. The minimum Gasteiger partial charge on any atom is -0.480 e. The van der Waals surface area contributed by atoms with E-state index in [0.717, 1.165) is 11.0 Å². The molecule has 1 saturated heterocycles. The Morgan fingerprint density at radius 3 is 2.75 bits per heavy atom. The van der Waals surface area contributed by atoms with Crippen LogP contribution in [-0.2, 0) is 4.79 Å². The number of hydrogen-bond acceptors (Lipinski definition) is 3. The Labute approximate surface area is 118 Å². The monoisotopic (exact) mass is 302 g/mol. The molecule has 1 aliphatic heterocycles. The Bertz CT molecular complexity index is 554. The molecule has 20 heavy (non-hydrogen) atoms. The van der Waals surface area contributed by atoms with Crippen molar-refractivity contribution in [1.82, 2.24) is 4.90 Å². The van der Waals surface area contributed by atoms with E-state index in [4.69, 9.17) is 16.7 Å². The smallest absolute Gasteiger partial charge is 0.326 e. The molecule has 0 bridgehead atoms. The average molecular weight is 303 g/mol. The molecule has 0 unspecified atom stereocenters. The normalized spacial score (nSPS) is 21.9. The van der Waals surface area contributed by atoms with Gasteiger partial charge in [0, 0.05) is 18.7 Å². The number of nitrogens with zero attached hydrogens (tertiary/aromatic N) is 1. The maximum Gasteiger partial charge on any atom is 0.326 e. The van der Waals surface area contributed by atoms with Gasteiger partial charge >= 0.3 is 12.0 Å². The molecule has 2 rings (SSSR count). The fraction of sp³-hybridized carbons (Fsp3) is 0.333. The third-order valence-corrected chi connectivity index (χ3v) is 3.30. The summed E-state index contributed by atoms with van der Waals surface area (Å²) in [6.45, 7) is -0.0845. The third-order valence-electron chi connectivity index (χ3n) is 3.00. The summed E-state index contributed by atoms with van der Waals surface area (Å²) in [5, 5.41) is 20.7. The van der Waals surface area contributed by atoms with Crippen LogP contribution >= 0.6 is 11.6 Å². The van der Waals surface area contributed by atoms with Gasteiger partial charge in [0.05, 0.1) is 11.1 Å². The lowest BCUT2D eigenvalue weighted by Crippen LogP contribution is -2.43. The molecule has 1 aromatic rings. The summed E-state index contributed by atoms with van der Waals surface area (Å²) in [5.41, 5.74) is 0.155. The van der Waals surface area contributed by atoms with E-state index >= 15 is 0 Å². The van der Waals surface area contributed by atoms with Crippen LogP contribution in [-0.4, -0.2) is 45.8 Å². The predicted octanol–water partition coefficient (Wildman–Crippen LogP) is 1.53. The second-order valence-corrected chi connectivity index (χ2v) is 4.86. The minimum atomic E-state index is -1.20. The first kappa shape index (κ1) is 14.5. The van der Waals surface area contributed by atoms with Crippen LogP contribution in [0.25, 0.3) is 0 Å². The molecule has 2 atom stereocenters. The number of anilines is 1. The molecule has 6 nitrogen and oxygen atoms in total. The third kappa shape index (κ3) is 3.00. The van der Waals surface area contributed by atoms with Crippen LogP contribution < -0.4 is 5.32 Å². The van der Waals surface area contributed by atoms with Crippen molar-refractivity contribution >= 4 is 29.3 Å². The molecular formula is C12H12ClFN2O4. The van der Waals surface area contributed by atoms with Gasteiger partial charge in [0.15, 0.2) is 0 Å². The van der Waals surface area contributed by atoms with Gasteiger partial charge in [0.1, 0.15) is 11.9 Å². The highest BCUT2D eigenvalue weighted by molar-refractivity contribution is 6.30. The number of hydrogen-bond donors (Lipinski definition) is 3. The van der Waals surface area contributed by atoms with Gasteiger partial charge in [-0.2, -0.15) is 0 Å². The Balaban J connectivity index is 2.11. The fourth-order valence-corrected chi connectivity index (χ4v) is 2.16. The number of benzene rings is 1. The number of rotatable bonds is 2. The average Bonchev–Trinajstić information content (AvgIpc) is 2.76. The van der Waals surface area contributed by atoms with Crippen LogP contribution in [0.15, 0.2) is 18.2 Å². The molecule has 3 N–H and O–H groups in total. The molecule has 0 aliphatic carbocycles. The molecule has 2 amide bonds. The maximum atomic E-state index is 13.2. The number of β-amino-alcohol motifs (C(OH)–C–C–N with tert-alkyl or cyclic N) is 1. The molecule has 0 spiro atoms. The van der Waals surface area contributed by atoms with Crippen molar-refractivity contribution in [3.63, 3.8) is 0 Å². The molecule has 0 aromatic heterocycles. The summed E-state index contributed by atoms with van der Waals surface area (Å²) in [6, 6.07) is 1.89. The number of amides is 2. The zero-order valence-electron chi connectivity index (χ0n) is 10.2. The van der Waals surface area contributed by atoms with Crippen molar-refractivity contribution in [2.24, 2.45) is 0 Å². The quantitative estimate of drug-likeness (QED) is 0.773. The topological polar surface area (TPSA) is 89.9 Å². The number of carboxylic acids is 1. The van der Waals surface area contributed by atoms with Gasteiger partial charge in [-0.1, -0.05) is 11.6 Å². The number of nitrogens with one attached hydrogen (secondary N) is 1. The van der Waals surface area contributed by atoms with Crippen molar-refractivity contribution < 1.29 is 24.2 Å². The first-order valence-corrected chi connectivity index (χ1v) is 6.20. The minimum absolute atomic E-state index is 0.0300. The molecule has 1 fully saturated rings. The highest BCUT2D eigenvalue weighted by Gasteiger charge is 2.39. The summed E-state index contributed by atoms with van der Waals surface area (Å²) in [6.07, 6.45) is -0.915. The van der Waals surface area contributed by atoms with Crippen LogP contribution in [0.1, 0.15) is 6.42 Å². The molecule has 0 saturated carbocycles. The van der Waals surface area contributed by atoms with E-state index in [1.54, 1.807) is 0 Å². The number of carboxylic acid groups (broad SMARTS) is 1. The second-order valence-electron chi connectivity index (χ2n) is 4.45. The molecule has 0 radical (unpaired) electrons. The summed E-state index contributed by atoms with van der Waals surface area (Å²) in [5.74, 6) is -1.89. The first-order chi connectivity index (χ1) is 9.38. The van der Waals surface area contributed by atoms with Crippen LogP contribution in [0, 0.1) is 5.82 Å². The van der Waals surface area contributed by atoms with E-state index < -0.39 is 30.0 Å². The van der Waals surface area contributed by atoms with Crippen molar-refractivity contribution in [2.45, 2.75) is 18.6 Å². The lowest BCUT2D eigenvalue weighted by molar-refractivity contribution is -0.141. The standard InChI is InChI=1S/C12H12ClFN2O4/c13-8-2-1-6(3-9(8)14)15-12(20)16-5-7(17)4-10(16)11(18)19/h1-3,7,10,17H,4-5H2,(H,15,20)(H,18,19)/t7-,10-/m1/s1. The van der Waals surface area contributed by atoms with E-state index in [2.05, 4.69) is 5.32 Å². The predicted molar refractivity (Wildman–Crippen MR) is 69.2 cm³/mol. The van der Waals surface area contributed by atoms with E-state index in [9.17, 15) is 19.1 Å². The Morgan fingerprint density at radius 2 is 2.15 bits per heavy atom. The molecule has 1 aliphatic rings. The van der Waals surface area contributed by atoms with Crippen molar-refractivity contribution in [3.05, 3.63) is 29.0 Å². The number of aliphatic carboxylic acids is 1. The largest absolute Gasteiger partial charge is 0.480 e. The van der Waals surface area contributed by atoms with Gasteiger partial charge in [-0.3, -0.25) is 0 Å². The van der Waals surface area contributed by atoms with Crippen LogP contribution in [0.4, 0.5) is 14.9 Å². The Kier molecular flexibility index (Phi) is 4.10. The van der Waals surface area contributed by atoms with Gasteiger partial charge in [-0.15, -0.1) is 0 Å². The lowest BCUT2D eigenvalue weighted by atomic mass is 10.2. The van der Waals surface area contributed by atoms with Gasteiger partial charge in [0.25, 0.3) is 0 Å². The zero-order valence-corrected chi connectivity index (χ0v) is 11.0. The Hall–Kier alpha value is -1.86. The number of aliphatic hydroxyl groups is 1. The van der Waals surface area contributed by atoms with Crippen molar-refractivity contribution in [3.8, 4) is 0 Å². The van der Waals surface area contributed by atoms with E-state index in [1.807, 2.05) is 0 Å². The number of carbonyl (C=O) groups is 2. The summed E-state index contributed by atoms with van der Waals surface area (Å²) < 4.78 is 13.2. The van der Waals surface area contributed by atoms with Crippen molar-refractivity contribution in [2.75, 3.05) is 11.9 Å². The van der Waals surface area contributed by atoms with Gasteiger partial charge in [-0.05, 0) is 18.2 Å². The number of urea groups is 1. The van der Waals surface area contributed by atoms with E-state index in [0.29, 0.717) is 0 Å². The lowest BCUT2D eigenvalue weighted by Gasteiger charge is -2.21. The summed E-state index contributed by atoms with van der Waals surface area (Å²) in [7, 11) is 0. The van der Waals surface area contributed by atoms with Gasteiger partial charge in [-0.25, -0.2) is 14.0 Å². The van der Waals surface area contributed by atoms with E-state index in [1.165, 1.54) is 12.1 Å². The first-order valence-electron chi connectivity index (χ1n) is 5.82. The van der Waals surface area contributed by atoms with Crippen LogP contribution in [0.5, 0.6) is 0 Å². The van der Waals surface area contributed by atoms with Crippen LogP contribution in [0.3, 0.4) is 0 Å². The SMILES string of the molecule is O=C(O)[C@H]1C[C@@H](O)CN1C(=O)Nc1ccc(Cl)c(F)c1. The highest BCUT2D eigenvalue weighted by atomic mass is 35.5. The Morgan fingerprint density at radius 1 is 1.45 bits per heavy atom. The van der Waals surface area contributed by atoms with E-state index in [-0.39, 0.29) is 23.7 Å². The van der Waals surface area contributed by atoms with Gasteiger partial charge in [0.2, 0.25) is 0 Å². The zero-order chi connectivity index (χ0) is 14.9. The molecule has 1 heterocycles. The molecule has 1 aromatic carbocycles. The number of halogens is 2. The van der Waals surface area contributed by atoms with Gasteiger partial charge < -0.3 is 20.4 Å². The highest BCUT2D eigenvalue weighted by Crippen LogP contribution is 2.22. The maximum absolute atomic E-state index is 13.2. The van der Waals surface area contributed by atoms with Crippen LogP contribution in [0.2, 0.25) is 5.02 Å². The summed E-state index contributed by atoms with van der Waals surface area (Å²) >= 11 is 5.52. The number of aliphatic hydroxyl groups excluding tert-OH is 1. The fourth-order valence-electron chi connectivity index (χ4n) is 2.04. The number of likely N-dealkylation sites (tertiary alicyclic amines) is 1. The molecular weight excluding hydrogens is 291 g/mol. The second kappa shape index (κ2) is 5.64.